The van der Waals surface area contributed by atoms with Crippen molar-refractivity contribution >= 4 is 11.9 Å². The number of carboxylic acids is 1. The van der Waals surface area contributed by atoms with Crippen LogP contribution in [0.15, 0.2) is 18.2 Å². The van der Waals surface area contributed by atoms with Crippen molar-refractivity contribution in [1.82, 2.24) is 0 Å². The fourth-order valence-electron chi connectivity index (χ4n) is 3.84. The molecule has 1 N–H and O–H groups in total. The van der Waals surface area contributed by atoms with Crippen LogP contribution in [0.4, 0.5) is 0 Å². The van der Waals surface area contributed by atoms with Gasteiger partial charge in [0.15, 0.2) is 0 Å². The largest absolute Gasteiger partial charge is 0.478 e. The van der Waals surface area contributed by atoms with E-state index in [2.05, 4.69) is 6.92 Å². The van der Waals surface area contributed by atoms with E-state index in [4.69, 9.17) is 4.74 Å². The highest BCUT2D eigenvalue weighted by Gasteiger charge is 2.21. The SMILES string of the molecule is CCCCCCCCCCCCCCCc1cccc(C(=O)OCCC)c1C(=O)O. The molecule has 0 aliphatic carbocycles. The molecule has 4 nitrogen and oxygen atoms in total. The normalized spacial score (nSPS) is 10.9. The molecule has 1 aromatic rings. The molecular weight excluding hydrogens is 376 g/mol. The first-order chi connectivity index (χ1) is 14.6. The molecule has 1 rings (SSSR count). The van der Waals surface area contributed by atoms with E-state index in [1.807, 2.05) is 13.0 Å². The number of carbonyl (C=O) groups is 2. The molecule has 0 aliphatic rings. The van der Waals surface area contributed by atoms with Crippen LogP contribution in [-0.2, 0) is 11.2 Å². The van der Waals surface area contributed by atoms with Gasteiger partial charge in [-0.25, -0.2) is 9.59 Å². The van der Waals surface area contributed by atoms with Crippen molar-refractivity contribution in [3.8, 4) is 0 Å². The highest BCUT2D eigenvalue weighted by molar-refractivity contribution is 6.03. The molecule has 0 bridgehead atoms. The van der Waals surface area contributed by atoms with Gasteiger partial charge in [-0.05, 0) is 30.9 Å². The minimum atomic E-state index is -1.05. The Balaban J connectivity index is 2.27. The molecule has 0 heterocycles. The van der Waals surface area contributed by atoms with Crippen LogP contribution in [0.1, 0.15) is 130 Å². The van der Waals surface area contributed by atoms with Crippen molar-refractivity contribution in [2.24, 2.45) is 0 Å². The molecule has 30 heavy (non-hydrogen) atoms. The first-order valence-corrected chi connectivity index (χ1v) is 12.1. The number of unbranched alkanes of at least 4 members (excludes halogenated alkanes) is 12. The van der Waals surface area contributed by atoms with Gasteiger partial charge in [-0.15, -0.1) is 0 Å². The van der Waals surface area contributed by atoms with Gasteiger partial charge < -0.3 is 9.84 Å². The Morgan fingerprint density at radius 1 is 0.767 bits per heavy atom. The second-order valence-electron chi connectivity index (χ2n) is 8.27. The van der Waals surface area contributed by atoms with Gasteiger partial charge in [0, 0.05) is 0 Å². The molecule has 1 aromatic carbocycles. The maximum Gasteiger partial charge on any atom is 0.339 e. The Bertz CT molecular complexity index is 609. The average molecular weight is 419 g/mol. The molecule has 0 fully saturated rings. The molecule has 0 atom stereocenters. The number of ether oxygens (including phenoxy) is 1. The first-order valence-electron chi connectivity index (χ1n) is 12.1. The minimum Gasteiger partial charge on any atom is -0.478 e. The molecule has 0 saturated carbocycles. The van der Waals surface area contributed by atoms with Crippen LogP contribution >= 0.6 is 0 Å². The maximum atomic E-state index is 12.2. The topological polar surface area (TPSA) is 63.6 Å². The Kier molecular flexibility index (Phi) is 14.8. The number of hydrogen-bond acceptors (Lipinski definition) is 3. The molecule has 0 unspecified atom stereocenters. The second kappa shape index (κ2) is 16.9. The lowest BCUT2D eigenvalue weighted by atomic mass is 9.96. The van der Waals surface area contributed by atoms with E-state index in [1.54, 1.807) is 12.1 Å². The molecule has 0 radical (unpaired) electrons. The van der Waals surface area contributed by atoms with Gasteiger partial charge in [0.25, 0.3) is 0 Å². The van der Waals surface area contributed by atoms with Crippen molar-refractivity contribution in [1.29, 1.82) is 0 Å². The summed E-state index contributed by atoms with van der Waals surface area (Å²) in [5, 5.41) is 9.62. The van der Waals surface area contributed by atoms with Gasteiger partial charge in [0.1, 0.15) is 0 Å². The fourth-order valence-corrected chi connectivity index (χ4v) is 3.84. The highest BCUT2D eigenvalue weighted by Crippen LogP contribution is 2.20. The van der Waals surface area contributed by atoms with Crippen LogP contribution < -0.4 is 0 Å². The number of aromatic carboxylic acids is 1. The summed E-state index contributed by atoms with van der Waals surface area (Å²) >= 11 is 0. The summed E-state index contributed by atoms with van der Waals surface area (Å²) in [6.45, 7) is 4.48. The monoisotopic (exact) mass is 418 g/mol. The van der Waals surface area contributed by atoms with Crippen LogP contribution in [0, 0.1) is 0 Å². The van der Waals surface area contributed by atoms with E-state index in [0.717, 1.165) is 18.4 Å². The van der Waals surface area contributed by atoms with E-state index in [1.165, 1.54) is 70.6 Å². The zero-order valence-corrected chi connectivity index (χ0v) is 19.2. The lowest BCUT2D eigenvalue weighted by molar-refractivity contribution is 0.0494. The zero-order chi connectivity index (χ0) is 22.0. The van der Waals surface area contributed by atoms with Gasteiger partial charge in [0.05, 0.1) is 17.7 Å². The number of hydrogen-bond donors (Lipinski definition) is 1. The number of aryl methyl sites for hydroxylation is 1. The Hall–Kier alpha value is -1.84. The van der Waals surface area contributed by atoms with Crippen molar-refractivity contribution < 1.29 is 19.4 Å². The average Bonchev–Trinajstić information content (AvgIpc) is 2.74. The third-order valence-electron chi connectivity index (χ3n) is 5.57. The predicted octanol–water partition coefficient (Wildman–Crippen LogP) is 7.59. The first kappa shape index (κ1) is 26.2. The number of rotatable bonds is 18. The van der Waals surface area contributed by atoms with Crippen LogP contribution in [0.25, 0.3) is 0 Å². The summed E-state index contributed by atoms with van der Waals surface area (Å²) in [6.07, 6.45) is 18.1. The van der Waals surface area contributed by atoms with Crippen molar-refractivity contribution in [3.63, 3.8) is 0 Å². The van der Waals surface area contributed by atoms with Gasteiger partial charge in [-0.3, -0.25) is 0 Å². The summed E-state index contributed by atoms with van der Waals surface area (Å²) < 4.78 is 5.14. The lowest BCUT2D eigenvalue weighted by Crippen LogP contribution is -2.14. The standard InChI is InChI=1S/C26H42O4/c1-3-5-6-7-8-9-10-11-12-13-14-15-16-18-22-19-17-20-23(24(22)25(27)28)26(29)30-21-4-2/h17,19-20H,3-16,18,21H2,1-2H3,(H,27,28). The predicted molar refractivity (Wildman–Crippen MR) is 123 cm³/mol. The summed E-state index contributed by atoms with van der Waals surface area (Å²) in [6, 6.07) is 5.13. The summed E-state index contributed by atoms with van der Waals surface area (Å²) in [4.78, 5) is 23.9. The van der Waals surface area contributed by atoms with Gasteiger partial charge in [-0.2, -0.15) is 0 Å². The molecule has 0 saturated heterocycles. The van der Waals surface area contributed by atoms with E-state index in [-0.39, 0.29) is 11.1 Å². The minimum absolute atomic E-state index is 0.109. The van der Waals surface area contributed by atoms with Crippen molar-refractivity contribution in [2.45, 2.75) is 110 Å². The van der Waals surface area contributed by atoms with E-state index >= 15 is 0 Å². The van der Waals surface area contributed by atoms with Crippen molar-refractivity contribution in [2.75, 3.05) is 6.61 Å². The molecule has 4 heteroatoms. The lowest BCUT2D eigenvalue weighted by Gasteiger charge is -2.11. The number of carbonyl (C=O) groups excluding carboxylic acids is 1. The van der Waals surface area contributed by atoms with E-state index in [0.29, 0.717) is 19.4 Å². The smallest absolute Gasteiger partial charge is 0.339 e. The summed E-state index contributed by atoms with van der Waals surface area (Å²) in [5.41, 5.74) is 1.01. The third-order valence-corrected chi connectivity index (χ3v) is 5.57. The van der Waals surface area contributed by atoms with E-state index in [9.17, 15) is 14.7 Å². The Morgan fingerprint density at radius 3 is 1.80 bits per heavy atom. The van der Waals surface area contributed by atoms with Gasteiger partial charge >= 0.3 is 11.9 Å². The molecular formula is C26H42O4. The third kappa shape index (κ3) is 10.8. The van der Waals surface area contributed by atoms with Crippen LogP contribution in [0.2, 0.25) is 0 Å². The van der Waals surface area contributed by atoms with Gasteiger partial charge in [0.2, 0.25) is 0 Å². The molecule has 170 valence electrons. The maximum absolute atomic E-state index is 12.2. The molecule has 0 spiro atoms. The second-order valence-corrected chi connectivity index (χ2v) is 8.27. The van der Waals surface area contributed by atoms with Gasteiger partial charge in [-0.1, -0.05) is 103 Å². The highest BCUT2D eigenvalue weighted by atomic mass is 16.5. The molecule has 0 aromatic heterocycles. The van der Waals surface area contributed by atoms with Crippen LogP contribution in [-0.4, -0.2) is 23.7 Å². The summed E-state index contributed by atoms with van der Waals surface area (Å²) in [5.74, 6) is -1.59. The summed E-state index contributed by atoms with van der Waals surface area (Å²) in [7, 11) is 0. The van der Waals surface area contributed by atoms with Crippen LogP contribution in [0.3, 0.4) is 0 Å². The number of benzene rings is 1. The quantitative estimate of drug-likeness (QED) is 0.197. The van der Waals surface area contributed by atoms with Crippen molar-refractivity contribution in [3.05, 3.63) is 34.9 Å². The zero-order valence-electron chi connectivity index (χ0n) is 19.2. The Labute approximate surface area is 183 Å². The molecule has 0 aliphatic heterocycles. The van der Waals surface area contributed by atoms with Crippen LogP contribution in [0.5, 0.6) is 0 Å². The fraction of sp³-hybridized carbons (Fsp3) is 0.692. The number of carboxylic acid groups (broad SMARTS) is 1. The Morgan fingerprint density at radius 2 is 1.30 bits per heavy atom. The number of esters is 1. The molecule has 0 amide bonds. The van der Waals surface area contributed by atoms with E-state index < -0.39 is 11.9 Å².